The van der Waals surface area contributed by atoms with Crippen molar-refractivity contribution in [3.05, 3.63) is 46.0 Å². The number of ether oxygens (including phenoxy) is 1. The molecule has 0 saturated heterocycles. The predicted octanol–water partition coefficient (Wildman–Crippen LogP) is 1.60. The Bertz CT molecular complexity index is 394. The summed E-state index contributed by atoms with van der Waals surface area (Å²) < 4.78 is 29.1. The summed E-state index contributed by atoms with van der Waals surface area (Å²) in [7, 11) is 0. The van der Waals surface area contributed by atoms with E-state index in [4.69, 9.17) is 0 Å². The summed E-state index contributed by atoms with van der Waals surface area (Å²) in [5.74, 6) is -2.17. The van der Waals surface area contributed by atoms with Gasteiger partial charge in [0.1, 0.15) is 11.5 Å². The Kier molecular flexibility index (Phi) is 3.49. The van der Waals surface area contributed by atoms with E-state index in [1.54, 1.807) is 18.2 Å². The SMILES string of the molecule is O=C(OCc1ccccc1)C(F)(F)[N+](=O)[O-]. The lowest BCUT2D eigenvalue weighted by atomic mass is 10.2. The number of nitro groups is 1. The molecule has 0 fully saturated rings. The van der Waals surface area contributed by atoms with Crippen molar-refractivity contribution >= 4 is 5.97 Å². The van der Waals surface area contributed by atoms with E-state index < -0.39 is 23.5 Å². The molecule has 86 valence electrons. The highest BCUT2D eigenvalue weighted by Crippen LogP contribution is 2.16. The third-order valence-corrected chi connectivity index (χ3v) is 1.69. The molecule has 0 unspecified atom stereocenters. The molecule has 0 amide bonds. The van der Waals surface area contributed by atoms with Crippen molar-refractivity contribution in [3.63, 3.8) is 0 Å². The molecule has 0 atom stereocenters. The molecule has 0 aliphatic carbocycles. The zero-order valence-corrected chi connectivity index (χ0v) is 7.93. The van der Waals surface area contributed by atoms with Crippen LogP contribution in [-0.4, -0.2) is 16.9 Å². The van der Waals surface area contributed by atoms with Gasteiger partial charge in [0, 0.05) is 0 Å². The molecule has 1 aromatic rings. The van der Waals surface area contributed by atoms with Crippen LogP contribution in [0.5, 0.6) is 0 Å². The molecule has 0 saturated carbocycles. The van der Waals surface area contributed by atoms with E-state index in [0.717, 1.165) is 0 Å². The number of carbonyl (C=O) groups is 1. The van der Waals surface area contributed by atoms with Crippen LogP contribution in [0.1, 0.15) is 5.56 Å². The van der Waals surface area contributed by atoms with Crippen molar-refractivity contribution in [2.24, 2.45) is 0 Å². The zero-order chi connectivity index (χ0) is 12.2. The zero-order valence-electron chi connectivity index (χ0n) is 7.93. The van der Waals surface area contributed by atoms with Crippen molar-refractivity contribution in [1.29, 1.82) is 0 Å². The number of halogens is 2. The molecule has 1 rings (SSSR count). The van der Waals surface area contributed by atoms with Gasteiger partial charge in [-0.15, -0.1) is 8.78 Å². The van der Waals surface area contributed by atoms with Gasteiger partial charge < -0.3 is 4.74 Å². The van der Waals surface area contributed by atoms with Gasteiger partial charge in [-0.25, -0.2) is 4.79 Å². The van der Waals surface area contributed by atoms with E-state index in [-0.39, 0.29) is 0 Å². The lowest BCUT2D eigenvalue weighted by Crippen LogP contribution is -2.38. The Labute approximate surface area is 88.8 Å². The van der Waals surface area contributed by atoms with Gasteiger partial charge in [0.15, 0.2) is 0 Å². The van der Waals surface area contributed by atoms with Crippen LogP contribution in [-0.2, 0) is 16.1 Å². The molecule has 0 aliphatic heterocycles. The lowest BCUT2D eigenvalue weighted by Gasteiger charge is -2.07. The number of nitrogens with zero attached hydrogens (tertiary/aromatic N) is 1. The molecule has 0 heterocycles. The van der Waals surface area contributed by atoms with Gasteiger partial charge in [0.05, 0.1) is 0 Å². The maximum atomic E-state index is 12.5. The Morgan fingerprint density at radius 2 is 1.94 bits per heavy atom. The minimum absolute atomic E-state index is 0.427. The van der Waals surface area contributed by atoms with Crippen LogP contribution in [0.15, 0.2) is 30.3 Å². The van der Waals surface area contributed by atoms with Crippen LogP contribution in [0.4, 0.5) is 8.78 Å². The molecule has 5 nitrogen and oxygen atoms in total. The van der Waals surface area contributed by atoms with E-state index in [2.05, 4.69) is 4.74 Å². The third kappa shape index (κ3) is 2.72. The summed E-state index contributed by atoms with van der Waals surface area (Å²) in [6.45, 7) is -0.427. The summed E-state index contributed by atoms with van der Waals surface area (Å²) in [6.07, 6.45) is 0. The maximum absolute atomic E-state index is 12.5. The summed E-state index contributed by atoms with van der Waals surface area (Å²) in [5.41, 5.74) is 0.468. The number of carbonyl (C=O) groups excluding carboxylic acids is 1. The Hall–Kier alpha value is -2.05. The first kappa shape index (κ1) is 12.0. The number of alkyl halides is 2. The van der Waals surface area contributed by atoms with Crippen LogP contribution in [0, 0.1) is 10.1 Å². The largest absolute Gasteiger partial charge is 0.613 e. The predicted molar refractivity (Wildman–Crippen MR) is 48.2 cm³/mol. The molecule has 0 radical (unpaired) electrons. The molecule has 0 aromatic heterocycles. The topological polar surface area (TPSA) is 69.4 Å². The van der Waals surface area contributed by atoms with Crippen molar-refractivity contribution < 1.29 is 23.2 Å². The molecule has 0 aliphatic rings. The quantitative estimate of drug-likeness (QED) is 0.341. The molecule has 0 spiro atoms. The first-order valence-corrected chi connectivity index (χ1v) is 4.18. The summed E-state index contributed by atoms with van der Waals surface area (Å²) in [4.78, 5) is 18.5. The maximum Gasteiger partial charge on any atom is 0.613 e. The van der Waals surface area contributed by atoms with Gasteiger partial charge in [0.25, 0.3) is 0 Å². The van der Waals surface area contributed by atoms with Crippen molar-refractivity contribution in [2.75, 3.05) is 0 Å². The fourth-order valence-electron chi connectivity index (χ4n) is 0.884. The van der Waals surface area contributed by atoms with Crippen LogP contribution in [0.3, 0.4) is 0 Å². The van der Waals surface area contributed by atoms with Crippen LogP contribution in [0.2, 0.25) is 0 Å². The number of benzene rings is 1. The van der Waals surface area contributed by atoms with Crippen LogP contribution < -0.4 is 0 Å². The average Bonchev–Trinajstić information content (AvgIpc) is 2.27. The Morgan fingerprint density at radius 1 is 1.38 bits per heavy atom. The lowest BCUT2D eigenvalue weighted by molar-refractivity contribution is -0.625. The van der Waals surface area contributed by atoms with E-state index in [0.29, 0.717) is 5.56 Å². The average molecular weight is 231 g/mol. The smallest absolute Gasteiger partial charge is 0.451 e. The number of rotatable bonds is 4. The first-order chi connectivity index (χ1) is 7.44. The van der Waals surface area contributed by atoms with Crippen LogP contribution >= 0.6 is 0 Å². The molecule has 7 heteroatoms. The minimum Gasteiger partial charge on any atom is -0.451 e. The second-order valence-corrected chi connectivity index (χ2v) is 2.86. The Morgan fingerprint density at radius 3 is 2.44 bits per heavy atom. The van der Waals surface area contributed by atoms with Gasteiger partial charge in [-0.3, -0.25) is 10.1 Å². The van der Waals surface area contributed by atoms with E-state index in [1.165, 1.54) is 12.1 Å². The second kappa shape index (κ2) is 4.65. The molecule has 0 N–H and O–H groups in total. The number of esters is 1. The summed E-state index contributed by atoms with van der Waals surface area (Å²) in [6, 6.07) is 3.31. The van der Waals surface area contributed by atoms with Crippen molar-refractivity contribution in [2.45, 2.75) is 12.7 Å². The van der Waals surface area contributed by atoms with Crippen molar-refractivity contribution in [1.82, 2.24) is 0 Å². The molecule has 16 heavy (non-hydrogen) atoms. The second-order valence-electron chi connectivity index (χ2n) is 2.86. The van der Waals surface area contributed by atoms with Gasteiger partial charge in [-0.1, -0.05) is 30.3 Å². The Balaban J connectivity index is 2.57. The summed E-state index contributed by atoms with van der Waals surface area (Å²) in [5, 5.41) is 9.83. The highest BCUT2D eigenvalue weighted by Gasteiger charge is 2.55. The number of hydrogen-bond donors (Lipinski definition) is 0. The third-order valence-electron chi connectivity index (χ3n) is 1.69. The van der Waals surface area contributed by atoms with E-state index in [9.17, 15) is 23.7 Å². The normalized spacial score (nSPS) is 10.9. The standard InChI is InChI=1S/C9H7F2NO4/c10-9(11,12(14)15)8(13)16-6-7-4-2-1-3-5-7/h1-5H,6H2. The van der Waals surface area contributed by atoms with Crippen LogP contribution in [0.25, 0.3) is 0 Å². The summed E-state index contributed by atoms with van der Waals surface area (Å²) >= 11 is 0. The van der Waals surface area contributed by atoms with E-state index in [1.807, 2.05) is 0 Å². The first-order valence-electron chi connectivity index (χ1n) is 4.18. The van der Waals surface area contributed by atoms with Gasteiger partial charge in [0.2, 0.25) is 0 Å². The highest BCUT2D eigenvalue weighted by atomic mass is 19.3. The molecule has 1 aromatic carbocycles. The monoisotopic (exact) mass is 231 g/mol. The minimum atomic E-state index is -4.70. The fraction of sp³-hybridized carbons (Fsp3) is 0.222. The molecular formula is C9H7F2NO4. The molecule has 0 bridgehead atoms. The van der Waals surface area contributed by atoms with Gasteiger partial charge in [-0.05, 0) is 5.56 Å². The van der Waals surface area contributed by atoms with Gasteiger partial charge in [-0.2, -0.15) is 0 Å². The highest BCUT2D eigenvalue weighted by molar-refractivity contribution is 5.75. The van der Waals surface area contributed by atoms with E-state index >= 15 is 0 Å². The molecular weight excluding hydrogens is 224 g/mol. The fourth-order valence-corrected chi connectivity index (χ4v) is 0.884. The number of hydrogen-bond acceptors (Lipinski definition) is 4. The van der Waals surface area contributed by atoms with Gasteiger partial charge >= 0.3 is 12.0 Å². The van der Waals surface area contributed by atoms with Crippen molar-refractivity contribution in [3.8, 4) is 0 Å².